The number of para-hydroxylation sites is 1. The van der Waals surface area contributed by atoms with Crippen molar-refractivity contribution in [3.05, 3.63) is 54.1 Å². The van der Waals surface area contributed by atoms with Crippen molar-refractivity contribution in [2.75, 3.05) is 18.5 Å². The molecule has 1 aliphatic heterocycles. The Morgan fingerprint density at radius 3 is 2.65 bits per heavy atom. The standard InChI is InChI=1S/C19H20F2N2O3/c20-19(21)26-14-9-7-13(8-10-14)23-17-6-2-1-5-16(17)18(24)22-12-15-4-3-11-25-15/h1-2,5-10,15,19,23H,3-4,11-12H2,(H,22,24). The van der Waals surface area contributed by atoms with E-state index in [2.05, 4.69) is 15.4 Å². The predicted molar refractivity (Wildman–Crippen MR) is 94.1 cm³/mol. The summed E-state index contributed by atoms with van der Waals surface area (Å²) < 4.78 is 34.2. The second kappa shape index (κ2) is 8.62. The molecule has 2 N–H and O–H groups in total. The number of amides is 1. The summed E-state index contributed by atoms with van der Waals surface area (Å²) >= 11 is 0. The van der Waals surface area contributed by atoms with Gasteiger partial charge >= 0.3 is 6.61 Å². The minimum Gasteiger partial charge on any atom is -0.435 e. The SMILES string of the molecule is O=C(NCC1CCCO1)c1ccccc1Nc1ccc(OC(F)F)cc1. The molecule has 3 rings (SSSR count). The molecule has 2 aromatic rings. The molecule has 0 radical (unpaired) electrons. The number of benzene rings is 2. The number of halogens is 2. The minimum atomic E-state index is -2.86. The molecule has 0 aliphatic carbocycles. The third-order valence-corrected chi connectivity index (χ3v) is 4.04. The monoisotopic (exact) mass is 362 g/mol. The highest BCUT2D eigenvalue weighted by Gasteiger charge is 2.18. The van der Waals surface area contributed by atoms with Gasteiger partial charge in [0.25, 0.3) is 5.91 Å². The Morgan fingerprint density at radius 2 is 1.96 bits per heavy atom. The zero-order chi connectivity index (χ0) is 18.4. The third-order valence-electron chi connectivity index (χ3n) is 4.04. The molecule has 138 valence electrons. The second-order valence-corrected chi connectivity index (χ2v) is 5.92. The van der Waals surface area contributed by atoms with E-state index in [9.17, 15) is 13.6 Å². The van der Waals surface area contributed by atoms with Crippen LogP contribution in [-0.4, -0.2) is 31.8 Å². The fourth-order valence-corrected chi connectivity index (χ4v) is 2.77. The van der Waals surface area contributed by atoms with Crippen LogP contribution in [0.1, 0.15) is 23.2 Å². The molecule has 0 aromatic heterocycles. The highest BCUT2D eigenvalue weighted by molar-refractivity contribution is 6.00. The summed E-state index contributed by atoms with van der Waals surface area (Å²) in [6.07, 6.45) is 2.04. The molecule has 1 atom stereocenters. The molecule has 1 unspecified atom stereocenters. The first-order valence-corrected chi connectivity index (χ1v) is 8.42. The Bertz CT molecular complexity index is 732. The largest absolute Gasteiger partial charge is 0.435 e. The molecule has 0 bridgehead atoms. The lowest BCUT2D eigenvalue weighted by Crippen LogP contribution is -2.32. The number of carbonyl (C=O) groups is 1. The summed E-state index contributed by atoms with van der Waals surface area (Å²) in [4.78, 5) is 12.5. The summed E-state index contributed by atoms with van der Waals surface area (Å²) in [6, 6.07) is 13.2. The molecule has 2 aromatic carbocycles. The summed E-state index contributed by atoms with van der Waals surface area (Å²) in [6.45, 7) is -1.64. The molecule has 1 fully saturated rings. The molecule has 0 spiro atoms. The quantitative estimate of drug-likeness (QED) is 0.783. The molecule has 1 aliphatic rings. The van der Waals surface area contributed by atoms with Crippen molar-refractivity contribution in [1.82, 2.24) is 5.32 Å². The van der Waals surface area contributed by atoms with E-state index >= 15 is 0 Å². The maximum absolute atomic E-state index is 12.5. The van der Waals surface area contributed by atoms with Crippen LogP contribution in [0.2, 0.25) is 0 Å². The molecule has 7 heteroatoms. The number of carbonyl (C=O) groups excluding carboxylic acids is 1. The van der Waals surface area contributed by atoms with Gasteiger partial charge in [0.05, 0.1) is 17.4 Å². The van der Waals surface area contributed by atoms with Crippen LogP contribution in [0.4, 0.5) is 20.2 Å². The summed E-state index contributed by atoms with van der Waals surface area (Å²) in [5, 5.41) is 6.02. The van der Waals surface area contributed by atoms with Crippen molar-refractivity contribution >= 4 is 17.3 Å². The van der Waals surface area contributed by atoms with Crippen LogP contribution in [0.15, 0.2) is 48.5 Å². The summed E-state index contributed by atoms with van der Waals surface area (Å²) in [5.74, 6) is -0.116. The van der Waals surface area contributed by atoms with Crippen molar-refractivity contribution in [3.63, 3.8) is 0 Å². The predicted octanol–water partition coefficient (Wildman–Crippen LogP) is 3.94. The van der Waals surface area contributed by atoms with E-state index < -0.39 is 6.61 Å². The van der Waals surface area contributed by atoms with Gasteiger partial charge in [0, 0.05) is 18.8 Å². The van der Waals surface area contributed by atoms with Gasteiger partial charge in [0.1, 0.15) is 5.75 Å². The van der Waals surface area contributed by atoms with Crippen LogP contribution in [0.25, 0.3) is 0 Å². The first-order chi connectivity index (χ1) is 12.6. The normalized spacial score (nSPS) is 16.5. The fraction of sp³-hybridized carbons (Fsp3) is 0.316. The van der Waals surface area contributed by atoms with Gasteiger partial charge in [-0.25, -0.2) is 0 Å². The van der Waals surface area contributed by atoms with E-state index in [0.29, 0.717) is 23.5 Å². The Kier molecular flexibility index (Phi) is 6.01. The molecule has 1 heterocycles. The van der Waals surface area contributed by atoms with Crippen molar-refractivity contribution in [2.45, 2.75) is 25.6 Å². The number of hydrogen-bond donors (Lipinski definition) is 2. The zero-order valence-corrected chi connectivity index (χ0v) is 14.1. The van der Waals surface area contributed by atoms with Crippen molar-refractivity contribution in [3.8, 4) is 5.75 Å². The van der Waals surface area contributed by atoms with Gasteiger partial charge in [-0.05, 0) is 49.2 Å². The van der Waals surface area contributed by atoms with E-state index in [0.717, 1.165) is 19.4 Å². The lowest BCUT2D eigenvalue weighted by atomic mass is 10.1. The van der Waals surface area contributed by atoms with Crippen LogP contribution < -0.4 is 15.4 Å². The van der Waals surface area contributed by atoms with Gasteiger partial charge in [0.15, 0.2) is 0 Å². The maximum atomic E-state index is 12.5. The topological polar surface area (TPSA) is 59.6 Å². The van der Waals surface area contributed by atoms with E-state index in [-0.39, 0.29) is 17.8 Å². The molecule has 0 saturated carbocycles. The second-order valence-electron chi connectivity index (χ2n) is 5.92. The van der Waals surface area contributed by atoms with Crippen molar-refractivity contribution < 1.29 is 23.0 Å². The smallest absolute Gasteiger partial charge is 0.387 e. The number of hydrogen-bond acceptors (Lipinski definition) is 4. The van der Waals surface area contributed by atoms with Gasteiger partial charge < -0.3 is 20.1 Å². The number of rotatable bonds is 7. The first kappa shape index (κ1) is 18.1. The van der Waals surface area contributed by atoms with Crippen molar-refractivity contribution in [2.24, 2.45) is 0 Å². The molecule has 5 nitrogen and oxygen atoms in total. The van der Waals surface area contributed by atoms with Crippen LogP contribution in [-0.2, 0) is 4.74 Å². The highest BCUT2D eigenvalue weighted by atomic mass is 19.3. The number of alkyl halides is 2. The van der Waals surface area contributed by atoms with E-state index in [4.69, 9.17) is 4.74 Å². The van der Waals surface area contributed by atoms with Crippen LogP contribution >= 0.6 is 0 Å². The van der Waals surface area contributed by atoms with Crippen molar-refractivity contribution in [1.29, 1.82) is 0 Å². The third kappa shape index (κ3) is 4.92. The lowest BCUT2D eigenvalue weighted by Gasteiger charge is -2.14. The van der Waals surface area contributed by atoms with Crippen LogP contribution in [0, 0.1) is 0 Å². The van der Waals surface area contributed by atoms with Gasteiger partial charge in [-0.3, -0.25) is 4.79 Å². The highest BCUT2D eigenvalue weighted by Crippen LogP contribution is 2.24. The fourth-order valence-electron chi connectivity index (χ4n) is 2.77. The molecular weight excluding hydrogens is 342 g/mol. The lowest BCUT2D eigenvalue weighted by molar-refractivity contribution is -0.0498. The Balaban J connectivity index is 1.65. The summed E-state index contributed by atoms with van der Waals surface area (Å²) in [5.41, 5.74) is 1.78. The number of ether oxygens (including phenoxy) is 2. The van der Waals surface area contributed by atoms with Gasteiger partial charge in [-0.15, -0.1) is 0 Å². The van der Waals surface area contributed by atoms with Gasteiger partial charge in [0.2, 0.25) is 0 Å². The Labute approximate surface area is 150 Å². The van der Waals surface area contributed by atoms with E-state index in [1.54, 1.807) is 30.3 Å². The van der Waals surface area contributed by atoms with E-state index in [1.807, 2.05) is 6.07 Å². The van der Waals surface area contributed by atoms with Gasteiger partial charge in [-0.2, -0.15) is 8.78 Å². The van der Waals surface area contributed by atoms with E-state index in [1.165, 1.54) is 12.1 Å². The molecule has 26 heavy (non-hydrogen) atoms. The number of nitrogens with one attached hydrogen (secondary N) is 2. The average molecular weight is 362 g/mol. The molecular formula is C19H20F2N2O3. The number of anilines is 2. The maximum Gasteiger partial charge on any atom is 0.387 e. The minimum absolute atomic E-state index is 0.0708. The first-order valence-electron chi connectivity index (χ1n) is 8.42. The zero-order valence-electron chi connectivity index (χ0n) is 14.1. The Morgan fingerprint density at radius 1 is 1.19 bits per heavy atom. The molecule has 1 amide bonds. The molecule has 1 saturated heterocycles. The van der Waals surface area contributed by atoms with Crippen LogP contribution in [0.5, 0.6) is 5.75 Å². The Hall–Kier alpha value is -2.67. The van der Waals surface area contributed by atoms with Crippen LogP contribution in [0.3, 0.4) is 0 Å². The van der Waals surface area contributed by atoms with Gasteiger partial charge in [-0.1, -0.05) is 12.1 Å². The average Bonchev–Trinajstić information content (AvgIpc) is 3.15. The summed E-state index contributed by atoms with van der Waals surface area (Å²) in [7, 11) is 0.